The summed E-state index contributed by atoms with van der Waals surface area (Å²) in [5.74, 6) is -0.435. The molecule has 0 radical (unpaired) electrons. The second-order valence-corrected chi connectivity index (χ2v) is 8.04. The number of aromatic nitrogens is 2. The number of nitrogens with one attached hydrogen (secondary N) is 1. The van der Waals surface area contributed by atoms with Crippen molar-refractivity contribution < 1.29 is 14.8 Å². The van der Waals surface area contributed by atoms with Gasteiger partial charge in [-0.05, 0) is 38.5 Å². The Hall–Kier alpha value is -3.46. The van der Waals surface area contributed by atoms with Gasteiger partial charge in [0.2, 0.25) is 0 Å². The molecule has 9 nitrogen and oxygen atoms in total. The van der Waals surface area contributed by atoms with E-state index in [1.165, 1.54) is 24.3 Å². The highest BCUT2D eigenvalue weighted by Crippen LogP contribution is 2.30. The molecule has 0 spiro atoms. The van der Waals surface area contributed by atoms with Crippen LogP contribution in [0.25, 0.3) is 10.9 Å². The van der Waals surface area contributed by atoms with Crippen molar-refractivity contribution >= 4 is 33.9 Å². The van der Waals surface area contributed by atoms with Crippen molar-refractivity contribution in [3.05, 3.63) is 58.3 Å². The van der Waals surface area contributed by atoms with E-state index in [2.05, 4.69) is 10.4 Å². The van der Waals surface area contributed by atoms with Crippen LogP contribution in [0.3, 0.4) is 0 Å². The Kier molecular flexibility index (Phi) is 5.75. The van der Waals surface area contributed by atoms with Gasteiger partial charge in [-0.2, -0.15) is 5.10 Å². The standard InChI is InChI=1S/C21H25N5O4/c1-21(2,28)8-9-25-13-15-11-18(19(24(3)4)12-17(15)23-25)22-20(27)14-6-5-7-16(10-14)26(29)30/h5-7,10-13,28H,8-9H2,1-4H3,(H,22,27). The molecule has 0 bridgehead atoms. The van der Waals surface area contributed by atoms with Gasteiger partial charge in [0.15, 0.2) is 0 Å². The highest BCUT2D eigenvalue weighted by Gasteiger charge is 2.17. The lowest BCUT2D eigenvalue weighted by Crippen LogP contribution is -2.21. The van der Waals surface area contributed by atoms with E-state index >= 15 is 0 Å². The van der Waals surface area contributed by atoms with Crippen LogP contribution >= 0.6 is 0 Å². The van der Waals surface area contributed by atoms with E-state index in [1.54, 1.807) is 18.5 Å². The summed E-state index contributed by atoms with van der Waals surface area (Å²) in [6, 6.07) is 9.31. The van der Waals surface area contributed by atoms with Crippen molar-refractivity contribution in [2.24, 2.45) is 0 Å². The number of nitrogens with zero attached hydrogens (tertiary/aromatic N) is 4. The van der Waals surface area contributed by atoms with Gasteiger partial charge >= 0.3 is 0 Å². The number of hydrogen-bond donors (Lipinski definition) is 2. The quantitative estimate of drug-likeness (QED) is 0.455. The number of hydrogen-bond acceptors (Lipinski definition) is 6. The minimum atomic E-state index is -0.787. The first-order chi connectivity index (χ1) is 14.0. The van der Waals surface area contributed by atoms with Crippen LogP contribution in [0.2, 0.25) is 0 Å². The molecule has 30 heavy (non-hydrogen) atoms. The van der Waals surface area contributed by atoms with E-state index in [1.807, 2.05) is 37.3 Å². The fourth-order valence-electron chi connectivity index (χ4n) is 3.04. The molecule has 0 unspecified atom stereocenters. The first kappa shape index (κ1) is 21.3. The third-order valence-corrected chi connectivity index (χ3v) is 4.67. The van der Waals surface area contributed by atoms with Crippen LogP contribution in [0.1, 0.15) is 30.6 Å². The molecule has 3 aromatic rings. The molecular formula is C21H25N5O4. The first-order valence-electron chi connectivity index (χ1n) is 9.50. The zero-order chi connectivity index (χ0) is 22.1. The van der Waals surface area contributed by atoms with Gasteiger partial charge in [0.05, 0.1) is 27.4 Å². The predicted molar refractivity (Wildman–Crippen MR) is 116 cm³/mol. The Bertz CT molecular complexity index is 1100. The minimum Gasteiger partial charge on any atom is -0.390 e. The minimum absolute atomic E-state index is 0.140. The second kappa shape index (κ2) is 8.11. The number of nitro benzene ring substituents is 1. The van der Waals surface area contributed by atoms with Crippen molar-refractivity contribution in [2.45, 2.75) is 32.4 Å². The van der Waals surface area contributed by atoms with Gasteiger partial charge in [-0.3, -0.25) is 19.6 Å². The van der Waals surface area contributed by atoms with Gasteiger partial charge in [-0.25, -0.2) is 0 Å². The fraction of sp³-hybridized carbons (Fsp3) is 0.333. The Morgan fingerprint density at radius 3 is 2.67 bits per heavy atom. The van der Waals surface area contributed by atoms with Crippen molar-refractivity contribution in [1.82, 2.24) is 9.78 Å². The summed E-state index contributed by atoms with van der Waals surface area (Å²) in [4.78, 5) is 25.0. The van der Waals surface area contributed by atoms with Crippen molar-refractivity contribution in [3.8, 4) is 0 Å². The SMILES string of the molecule is CN(C)c1cc2nn(CCC(C)(C)O)cc2cc1NC(=O)c1cccc([N+](=O)[O-])c1. The van der Waals surface area contributed by atoms with Crippen LogP contribution in [0.5, 0.6) is 0 Å². The molecule has 158 valence electrons. The molecule has 0 aliphatic rings. The molecule has 3 rings (SSSR count). The van der Waals surface area contributed by atoms with E-state index in [4.69, 9.17) is 0 Å². The summed E-state index contributed by atoms with van der Waals surface area (Å²) in [7, 11) is 3.71. The third-order valence-electron chi connectivity index (χ3n) is 4.67. The number of carbonyl (C=O) groups is 1. The van der Waals surface area contributed by atoms with Crippen molar-refractivity contribution in [1.29, 1.82) is 0 Å². The molecule has 0 aliphatic heterocycles. The van der Waals surface area contributed by atoms with Crippen LogP contribution in [-0.2, 0) is 6.54 Å². The molecule has 9 heteroatoms. The maximum atomic E-state index is 12.7. The molecule has 0 saturated heterocycles. The Labute approximate surface area is 174 Å². The van der Waals surface area contributed by atoms with E-state index < -0.39 is 16.4 Å². The van der Waals surface area contributed by atoms with E-state index in [0.29, 0.717) is 18.7 Å². The Balaban J connectivity index is 1.92. The highest BCUT2D eigenvalue weighted by molar-refractivity contribution is 6.07. The number of aryl methyl sites for hydroxylation is 1. The van der Waals surface area contributed by atoms with Gasteiger partial charge in [0.1, 0.15) is 0 Å². The molecule has 1 aromatic heterocycles. The number of carbonyl (C=O) groups excluding carboxylic acids is 1. The normalized spacial score (nSPS) is 11.5. The van der Waals surface area contributed by atoms with Gasteiger partial charge < -0.3 is 15.3 Å². The molecule has 0 aliphatic carbocycles. The van der Waals surface area contributed by atoms with Crippen LogP contribution in [0.15, 0.2) is 42.6 Å². The summed E-state index contributed by atoms with van der Waals surface area (Å²) in [6.45, 7) is 4.06. The van der Waals surface area contributed by atoms with E-state index in [0.717, 1.165) is 16.6 Å². The number of aliphatic hydroxyl groups is 1. The summed E-state index contributed by atoms with van der Waals surface area (Å²) in [5, 5.41) is 29.2. The molecule has 0 atom stereocenters. The fourth-order valence-corrected chi connectivity index (χ4v) is 3.04. The molecule has 2 N–H and O–H groups in total. The summed E-state index contributed by atoms with van der Waals surface area (Å²) in [5.41, 5.74) is 1.38. The first-order valence-corrected chi connectivity index (χ1v) is 9.50. The molecule has 0 saturated carbocycles. The lowest BCUT2D eigenvalue weighted by Gasteiger charge is -2.18. The lowest BCUT2D eigenvalue weighted by molar-refractivity contribution is -0.384. The maximum absolute atomic E-state index is 12.7. The number of nitro groups is 1. The number of anilines is 2. The molecule has 0 fully saturated rings. The smallest absolute Gasteiger partial charge is 0.270 e. The Morgan fingerprint density at radius 1 is 1.30 bits per heavy atom. The van der Waals surface area contributed by atoms with Gasteiger partial charge in [-0.1, -0.05) is 6.07 Å². The predicted octanol–water partition coefficient (Wildman–Crippen LogP) is 3.42. The zero-order valence-electron chi connectivity index (χ0n) is 17.4. The van der Waals surface area contributed by atoms with Gasteiger partial charge in [0, 0.05) is 49.9 Å². The monoisotopic (exact) mass is 411 g/mol. The summed E-state index contributed by atoms with van der Waals surface area (Å²) in [6.07, 6.45) is 2.42. The zero-order valence-corrected chi connectivity index (χ0v) is 17.4. The number of non-ortho nitro benzene ring substituents is 1. The summed E-state index contributed by atoms with van der Waals surface area (Å²) >= 11 is 0. The molecule has 2 aromatic carbocycles. The van der Waals surface area contributed by atoms with Crippen LogP contribution in [0, 0.1) is 10.1 Å². The van der Waals surface area contributed by atoms with Crippen LogP contribution < -0.4 is 10.2 Å². The summed E-state index contributed by atoms with van der Waals surface area (Å²) < 4.78 is 1.77. The van der Waals surface area contributed by atoms with Crippen molar-refractivity contribution in [3.63, 3.8) is 0 Å². The van der Waals surface area contributed by atoms with Gasteiger partial charge in [-0.15, -0.1) is 0 Å². The molecular weight excluding hydrogens is 386 g/mol. The number of rotatable bonds is 7. The van der Waals surface area contributed by atoms with Crippen LogP contribution in [0.4, 0.5) is 17.1 Å². The third kappa shape index (κ3) is 4.93. The topological polar surface area (TPSA) is 114 Å². The average Bonchev–Trinajstić information content (AvgIpc) is 3.07. The maximum Gasteiger partial charge on any atom is 0.270 e. The number of benzene rings is 2. The molecule has 1 heterocycles. The number of amides is 1. The van der Waals surface area contributed by atoms with Crippen LogP contribution in [-0.4, -0.2) is 45.4 Å². The average molecular weight is 411 g/mol. The van der Waals surface area contributed by atoms with Crippen molar-refractivity contribution in [2.75, 3.05) is 24.3 Å². The molecule has 1 amide bonds. The Morgan fingerprint density at radius 2 is 2.03 bits per heavy atom. The number of fused-ring (bicyclic) bond motifs is 1. The highest BCUT2D eigenvalue weighted by atomic mass is 16.6. The second-order valence-electron chi connectivity index (χ2n) is 8.04. The largest absolute Gasteiger partial charge is 0.390 e. The lowest BCUT2D eigenvalue weighted by atomic mass is 10.1. The van der Waals surface area contributed by atoms with Gasteiger partial charge in [0.25, 0.3) is 11.6 Å². The van der Waals surface area contributed by atoms with E-state index in [9.17, 15) is 20.0 Å². The van der Waals surface area contributed by atoms with E-state index in [-0.39, 0.29) is 11.3 Å².